The van der Waals surface area contributed by atoms with Gasteiger partial charge in [-0.05, 0) is 68.1 Å². The number of ether oxygens (including phenoxy) is 1. The maximum absolute atomic E-state index is 12.2. The van der Waals surface area contributed by atoms with Gasteiger partial charge >= 0.3 is 5.97 Å². The Morgan fingerprint density at radius 3 is 2.46 bits per heavy atom. The second kappa shape index (κ2) is 8.05. The van der Waals surface area contributed by atoms with Crippen LogP contribution in [0.15, 0.2) is 67.0 Å². The van der Waals surface area contributed by atoms with E-state index in [-0.39, 0.29) is 11.9 Å². The van der Waals surface area contributed by atoms with Crippen LogP contribution in [0.4, 0.5) is 5.69 Å². The Labute approximate surface area is 164 Å². The van der Waals surface area contributed by atoms with Gasteiger partial charge in [-0.3, -0.25) is 9.78 Å². The van der Waals surface area contributed by atoms with Crippen LogP contribution in [0.3, 0.4) is 0 Å². The zero-order chi connectivity index (χ0) is 20.1. The molecule has 1 N–H and O–H groups in total. The summed E-state index contributed by atoms with van der Waals surface area (Å²) in [6.07, 6.45) is 6.65. The van der Waals surface area contributed by atoms with Gasteiger partial charge in [0.15, 0.2) is 0 Å². The molecule has 28 heavy (non-hydrogen) atoms. The maximum atomic E-state index is 12.2. The first-order valence-corrected chi connectivity index (χ1v) is 8.96. The monoisotopic (exact) mass is 374 g/mol. The number of aromatic nitrogens is 1. The molecule has 2 aromatic carbocycles. The fourth-order valence-electron chi connectivity index (χ4n) is 2.58. The number of pyridine rings is 1. The number of esters is 1. The molecule has 0 spiro atoms. The Bertz CT molecular complexity index is 1030. The average Bonchev–Trinajstić information content (AvgIpc) is 2.65. The normalized spacial score (nSPS) is 11.5. The Balaban J connectivity index is 1.62. The van der Waals surface area contributed by atoms with Gasteiger partial charge in [0, 0.05) is 29.5 Å². The van der Waals surface area contributed by atoms with Crippen molar-refractivity contribution >= 4 is 34.4 Å². The third-order valence-electron chi connectivity index (χ3n) is 3.88. The van der Waals surface area contributed by atoms with Gasteiger partial charge in [0.05, 0.1) is 5.56 Å². The predicted molar refractivity (Wildman–Crippen MR) is 111 cm³/mol. The lowest BCUT2D eigenvalue weighted by Crippen LogP contribution is -2.23. The summed E-state index contributed by atoms with van der Waals surface area (Å²) in [5, 5.41) is 4.86. The molecule has 0 saturated heterocycles. The summed E-state index contributed by atoms with van der Waals surface area (Å²) in [5.41, 5.74) is 1.47. The summed E-state index contributed by atoms with van der Waals surface area (Å²) in [6.45, 7) is 5.48. The topological polar surface area (TPSA) is 68.3 Å². The number of carbonyl (C=O) groups is 2. The van der Waals surface area contributed by atoms with Gasteiger partial charge in [0.25, 0.3) is 0 Å². The Kier molecular flexibility index (Phi) is 5.54. The molecule has 1 amide bonds. The molecule has 0 aliphatic heterocycles. The number of fused-ring (bicyclic) bond motifs is 1. The number of nitrogens with one attached hydrogen (secondary N) is 1. The molecule has 1 aromatic heterocycles. The minimum Gasteiger partial charge on any atom is -0.456 e. The van der Waals surface area contributed by atoms with Crippen molar-refractivity contribution in [3.63, 3.8) is 0 Å². The van der Waals surface area contributed by atoms with Gasteiger partial charge in [-0.15, -0.1) is 0 Å². The number of carbonyl (C=O) groups excluding carboxylic acids is 2. The molecule has 0 saturated carbocycles. The van der Waals surface area contributed by atoms with Crippen LogP contribution in [0.5, 0.6) is 0 Å². The van der Waals surface area contributed by atoms with Crippen LogP contribution in [0.2, 0.25) is 0 Å². The van der Waals surface area contributed by atoms with Crippen LogP contribution in [0.25, 0.3) is 16.8 Å². The first-order chi connectivity index (χ1) is 13.3. The minimum absolute atomic E-state index is 0.232. The van der Waals surface area contributed by atoms with Crippen LogP contribution in [-0.2, 0) is 9.53 Å². The van der Waals surface area contributed by atoms with E-state index in [1.807, 2.05) is 45.0 Å². The first kappa shape index (κ1) is 19.3. The largest absolute Gasteiger partial charge is 0.456 e. The van der Waals surface area contributed by atoms with Crippen molar-refractivity contribution in [2.75, 3.05) is 5.32 Å². The number of nitrogens with zero attached hydrogens (tertiary/aromatic N) is 1. The molecule has 3 aromatic rings. The second-order valence-electron chi connectivity index (χ2n) is 7.38. The summed E-state index contributed by atoms with van der Waals surface area (Å²) in [6, 6.07) is 14.5. The van der Waals surface area contributed by atoms with E-state index in [1.54, 1.807) is 42.7 Å². The van der Waals surface area contributed by atoms with Crippen molar-refractivity contribution in [2.24, 2.45) is 0 Å². The SMILES string of the molecule is CC(C)(C)OC(=O)c1ccc(/C=C/C(=O)Nc2ccc3cnccc3c2)cc1. The molecular weight excluding hydrogens is 352 g/mol. The van der Waals surface area contributed by atoms with Gasteiger partial charge in [-0.25, -0.2) is 4.79 Å². The van der Waals surface area contributed by atoms with Crippen LogP contribution in [0, 0.1) is 0 Å². The molecule has 0 atom stereocenters. The zero-order valence-electron chi connectivity index (χ0n) is 16.1. The third-order valence-corrected chi connectivity index (χ3v) is 3.88. The van der Waals surface area contributed by atoms with E-state index in [2.05, 4.69) is 10.3 Å². The smallest absolute Gasteiger partial charge is 0.338 e. The molecule has 0 aliphatic carbocycles. The van der Waals surface area contributed by atoms with Crippen molar-refractivity contribution in [1.82, 2.24) is 4.98 Å². The first-order valence-electron chi connectivity index (χ1n) is 8.96. The molecular formula is C23H22N2O3. The number of hydrogen-bond donors (Lipinski definition) is 1. The van der Waals surface area contributed by atoms with Gasteiger partial charge in [-0.2, -0.15) is 0 Å². The zero-order valence-corrected chi connectivity index (χ0v) is 16.1. The molecule has 0 fully saturated rings. The summed E-state index contributed by atoms with van der Waals surface area (Å²) in [7, 11) is 0. The van der Waals surface area contributed by atoms with Gasteiger partial charge in [-0.1, -0.05) is 18.2 Å². The Hall–Kier alpha value is -3.47. The summed E-state index contributed by atoms with van der Waals surface area (Å²) >= 11 is 0. The van der Waals surface area contributed by atoms with Crippen LogP contribution in [0.1, 0.15) is 36.7 Å². The van der Waals surface area contributed by atoms with Gasteiger partial charge in [0.2, 0.25) is 5.91 Å². The molecule has 0 bridgehead atoms. The highest BCUT2D eigenvalue weighted by atomic mass is 16.6. The van der Waals surface area contributed by atoms with E-state index < -0.39 is 5.60 Å². The number of hydrogen-bond acceptors (Lipinski definition) is 4. The van der Waals surface area contributed by atoms with Crippen molar-refractivity contribution in [2.45, 2.75) is 26.4 Å². The molecule has 3 rings (SSSR count). The molecule has 5 heteroatoms. The van der Waals surface area contributed by atoms with Gasteiger partial charge < -0.3 is 10.1 Å². The highest BCUT2D eigenvalue weighted by Gasteiger charge is 2.17. The van der Waals surface area contributed by atoms with E-state index in [4.69, 9.17) is 4.74 Å². The van der Waals surface area contributed by atoms with E-state index in [0.717, 1.165) is 16.3 Å². The van der Waals surface area contributed by atoms with Crippen molar-refractivity contribution in [1.29, 1.82) is 0 Å². The third kappa shape index (κ3) is 5.27. The Morgan fingerprint density at radius 2 is 1.75 bits per heavy atom. The molecule has 142 valence electrons. The lowest BCUT2D eigenvalue weighted by Gasteiger charge is -2.19. The number of anilines is 1. The summed E-state index contributed by atoms with van der Waals surface area (Å²) in [4.78, 5) is 28.3. The average molecular weight is 374 g/mol. The van der Waals surface area contributed by atoms with Crippen LogP contribution < -0.4 is 5.32 Å². The van der Waals surface area contributed by atoms with Crippen molar-refractivity contribution in [3.05, 3.63) is 78.1 Å². The molecule has 5 nitrogen and oxygen atoms in total. The Morgan fingerprint density at radius 1 is 1.00 bits per heavy atom. The molecule has 0 unspecified atom stereocenters. The van der Waals surface area contributed by atoms with E-state index in [1.165, 1.54) is 6.08 Å². The molecule has 0 radical (unpaired) electrons. The number of rotatable bonds is 4. The van der Waals surface area contributed by atoms with Crippen LogP contribution in [-0.4, -0.2) is 22.5 Å². The second-order valence-corrected chi connectivity index (χ2v) is 7.38. The van der Waals surface area contributed by atoms with Crippen LogP contribution >= 0.6 is 0 Å². The van der Waals surface area contributed by atoms with Crippen molar-refractivity contribution < 1.29 is 14.3 Å². The maximum Gasteiger partial charge on any atom is 0.338 e. The lowest BCUT2D eigenvalue weighted by atomic mass is 10.1. The van der Waals surface area contributed by atoms with E-state index in [9.17, 15) is 9.59 Å². The van der Waals surface area contributed by atoms with Gasteiger partial charge in [0.1, 0.15) is 5.60 Å². The fraction of sp³-hybridized carbons (Fsp3) is 0.174. The quantitative estimate of drug-likeness (QED) is 0.524. The molecule has 0 aliphatic rings. The summed E-state index contributed by atoms with van der Waals surface area (Å²) < 4.78 is 5.33. The fourth-order valence-corrected chi connectivity index (χ4v) is 2.58. The standard InChI is InChI=1S/C23H22N2O3/c1-23(2,3)28-22(27)17-7-4-16(5-8-17)6-11-21(26)25-20-10-9-19-15-24-13-12-18(19)14-20/h4-15H,1-3H3,(H,25,26)/b11-6+. The van der Waals surface area contributed by atoms with E-state index in [0.29, 0.717) is 11.3 Å². The number of amides is 1. The van der Waals surface area contributed by atoms with E-state index >= 15 is 0 Å². The minimum atomic E-state index is -0.535. The molecule has 1 heterocycles. The highest BCUT2D eigenvalue weighted by Crippen LogP contribution is 2.18. The predicted octanol–water partition coefficient (Wildman–Crippen LogP) is 4.84. The summed E-state index contributed by atoms with van der Waals surface area (Å²) in [5.74, 6) is -0.600. The highest BCUT2D eigenvalue weighted by molar-refractivity contribution is 6.03. The van der Waals surface area contributed by atoms with Crippen molar-refractivity contribution in [3.8, 4) is 0 Å². The lowest BCUT2D eigenvalue weighted by molar-refractivity contribution is -0.111. The number of benzene rings is 2.